The minimum absolute atomic E-state index is 0.0232. The van der Waals surface area contributed by atoms with E-state index in [1.54, 1.807) is 18.2 Å². The van der Waals surface area contributed by atoms with Crippen LogP contribution in [0.3, 0.4) is 0 Å². The summed E-state index contributed by atoms with van der Waals surface area (Å²) in [5.41, 5.74) is 5.34. The van der Waals surface area contributed by atoms with Crippen LogP contribution in [-0.4, -0.2) is 18.4 Å². The van der Waals surface area contributed by atoms with E-state index in [9.17, 15) is 4.79 Å². The third-order valence-electron chi connectivity index (χ3n) is 3.59. The van der Waals surface area contributed by atoms with Crippen molar-refractivity contribution in [3.05, 3.63) is 28.8 Å². The monoisotopic (exact) mass is 269 g/mol. The number of hydrogen-bond donors (Lipinski definition) is 1. The molecule has 0 saturated heterocycles. The number of Topliss-reactive ketones (excluding diaryl/α,β-unsaturated/α-hetero) is 1. The van der Waals surface area contributed by atoms with Gasteiger partial charge in [0.25, 0.3) is 0 Å². The topological polar surface area (TPSA) is 52.3 Å². The van der Waals surface area contributed by atoms with Crippen molar-refractivity contribution in [2.24, 2.45) is 11.1 Å². The van der Waals surface area contributed by atoms with E-state index in [1.165, 1.54) is 7.11 Å². The minimum atomic E-state index is -0.675. The summed E-state index contributed by atoms with van der Waals surface area (Å²) in [4.78, 5) is 12.5. The van der Waals surface area contributed by atoms with Crippen LogP contribution in [0.1, 0.15) is 38.1 Å². The summed E-state index contributed by atoms with van der Waals surface area (Å²) in [6.07, 6.45) is 0. The van der Waals surface area contributed by atoms with Gasteiger partial charge in [0.1, 0.15) is 5.75 Å². The number of ketones is 1. The molecule has 0 heterocycles. The molecule has 100 valence electrons. The summed E-state index contributed by atoms with van der Waals surface area (Å²) >= 11 is 5.94. The van der Waals surface area contributed by atoms with Crippen LogP contribution in [0.2, 0.25) is 5.02 Å². The second-order valence-corrected chi connectivity index (χ2v) is 5.93. The van der Waals surface area contributed by atoms with Gasteiger partial charge in [-0.3, -0.25) is 4.79 Å². The van der Waals surface area contributed by atoms with E-state index < -0.39 is 11.0 Å². The Morgan fingerprint density at radius 3 is 2.28 bits per heavy atom. The fourth-order valence-corrected chi connectivity index (χ4v) is 1.65. The first-order chi connectivity index (χ1) is 8.11. The molecular weight excluding hydrogens is 250 g/mol. The first-order valence-corrected chi connectivity index (χ1v) is 6.16. The first-order valence-electron chi connectivity index (χ1n) is 5.78. The Hall–Kier alpha value is -1.06. The average molecular weight is 270 g/mol. The predicted octanol–water partition coefficient (Wildman–Crippen LogP) is 3.29. The summed E-state index contributed by atoms with van der Waals surface area (Å²) in [7, 11) is 1.52. The van der Waals surface area contributed by atoms with Gasteiger partial charge in [-0.05, 0) is 32.0 Å². The standard InChI is InChI=1S/C14H20ClNO2/c1-13(2,14(3,4)16)12(17)9-6-7-10(15)11(8-9)18-5/h6-8H,16H2,1-5H3. The van der Waals surface area contributed by atoms with Gasteiger partial charge in [0.05, 0.1) is 12.1 Å². The fraction of sp³-hybridized carbons (Fsp3) is 0.500. The Morgan fingerprint density at radius 2 is 1.83 bits per heavy atom. The average Bonchev–Trinajstić information content (AvgIpc) is 2.27. The lowest BCUT2D eigenvalue weighted by molar-refractivity contribution is 0.0734. The van der Waals surface area contributed by atoms with Gasteiger partial charge >= 0.3 is 0 Å². The molecule has 0 aliphatic heterocycles. The number of hydrogen-bond acceptors (Lipinski definition) is 3. The summed E-state index contributed by atoms with van der Waals surface area (Å²) in [5, 5.41) is 0.485. The van der Waals surface area contributed by atoms with Crippen molar-refractivity contribution in [3.8, 4) is 5.75 Å². The van der Waals surface area contributed by atoms with Crippen LogP contribution in [-0.2, 0) is 0 Å². The lowest BCUT2D eigenvalue weighted by Gasteiger charge is -2.37. The Kier molecular flexibility index (Phi) is 4.08. The fourth-order valence-electron chi connectivity index (χ4n) is 1.45. The molecule has 2 N–H and O–H groups in total. The van der Waals surface area contributed by atoms with Gasteiger partial charge in [0, 0.05) is 16.5 Å². The molecular formula is C14H20ClNO2. The highest BCUT2D eigenvalue weighted by atomic mass is 35.5. The van der Waals surface area contributed by atoms with E-state index in [2.05, 4.69) is 0 Å². The van der Waals surface area contributed by atoms with Gasteiger partial charge in [-0.15, -0.1) is 0 Å². The van der Waals surface area contributed by atoms with Crippen LogP contribution in [0.15, 0.2) is 18.2 Å². The molecule has 4 heteroatoms. The van der Waals surface area contributed by atoms with Gasteiger partial charge < -0.3 is 10.5 Å². The van der Waals surface area contributed by atoms with Crippen molar-refractivity contribution in [3.63, 3.8) is 0 Å². The summed E-state index contributed by atoms with van der Waals surface area (Å²) in [6, 6.07) is 5.01. The molecule has 1 rings (SSSR count). The Labute approximate surface area is 113 Å². The third-order valence-corrected chi connectivity index (χ3v) is 3.90. The summed E-state index contributed by atoms with van der Waals surface area (Å²) < 4.78 is 5.12. The van der Waals surface area contributed by atoms with Crippen molar-refractivity contribution in [1.29, 1.82) is 0 Å². The molecule has 3 nitrogen and oxygen atoms in total. The van der Waals surface area contributed by atoms with Crippen molar-refractivity contribution in [2.75, 3.05) is 7.11 Å². The summed E-state index contributed by atoms with van der Waals surface area (Å²) in [5.74, 6) is 0.470. The minimum Gasteiger partial charge on any atom is -0.495 e. The second kappa shape index (κ2) is 4.90. The van der Waals surface area contributed by atoms with Gasteiger partial charge in [-0.1, -0.05) is 25.4 Å². The number of benzene rings is 1. The van der Waals surface area contributed by atoms with Gasteiger partial charge in [-0.25, -0.2) is 0 Å². The highest BCUT2D eigenvalue weighted by Gasteiger charge is 2.40. The molecule has 1 aromatic carbocycles. The quantitative estimate of drug-likeness (QED) is 0.854. The van der Waals surface area contributed by atoms with Crippen molar-refractivity contribution < 1.29 is 9.53 Å². The molecule has 0 radical (unpaired) electrons. The lowest BCUT2D eigenvalue weighted by Crippen LogP contribution is -2.51. The highest BCUT2D eigenvalue weighted by molar-refractivity contribution is 6.32. The molecule has 0 atom stereocenters. The maximum Gasteiger partial charge on any atom is 0.170 e. The number of carbonyl (C=O) groups excluding carboxylic acids is 1. The van der Waals surface area contributed by atoms with E-state index in [-0.39, 0.29) is 5.78 Å². The Bertz CT molecular complexity index is 461. The van der Waals surface area contributed by atoms with Crippen molar-refractivity contribution in [1.82, 2.24) is 0 Å². The van der Waals surface area contributed by atoms with Crippen LogP contribution < -0.4 is 10.5 Å². The van der Waals surface area contributed by atoms with Gasteiger partial charge in [0.2, 0.25) is 0 Å². The number of methoxy groups -OCH3 is 1. The van der Waals surface area contributed by atoms with Crippen molar-refractivity contribution in [2.45, 2.75) is 33.2 Å². The van der Waals surface area contributed by atoms with Crippen LogP contribution in [0.25, 0.3) is 0 Å². The largest absolute Gasteiger partial charge is 0.495 e. The first kappa shape index (κ1) is 15.0. The van der Waals surface area contributed by atoms with E-state index in [0.29, 0.717) is 16.3 Å². The zero-order chi connectivity index (χ0) is 14.1. The predicted molar refractivity (Wildman–Crippen MR) is 74.4 cm³/mol. The van der Waals surface area contributed by atoms with E-state index >= 15 is 0 Å². The molecule has 0 aromatic heterocycles. The zero-order valence-corrected chi connectivity index (χ0v) is 12.3. The molecule has 0 unspecified atom stereocenters. The van der Waals surface area contributed by atoms with Crippen LogP contribution >= 0.6 is 11.6 Å². The molecule has 0 aliphatic carbocycles. The normalized spacial score (nSPS) is 12.4. The highest BCUT2D eigenvalue weighted by Crippen LogP contribution is 2.34. The molecule has 18 heavy (non-hydrogen) atoms. The Morgan fingerprint density at radius 1 is 1.28 bits per heavy atom. The molecule has 0 fully saturated rings. The molecule has 0 spiro atoms. The lowest BCUT2D eigenvalue weighted by atomic mass is 9.70. The van der Waals surface area contributed by atoms with E-state index in [0.717, 1.165) is 0 Å². The van der Waals surface area contributed by atoms with Crippen molar-refractivity contribution >= 4 is 17.4 Å². The van der Waals surface area contributed by atoms with Gasteiger partial charge in [0.15, 0.2) is 5.78 Å². The van der Waals surface area contributed by atoms with E-state index in [4.69, 9.17) is 22.1 Å². The number of ether oxygens (including phenoxy) is 1. The maximum absolute atomic E-state index is 12.5. The van der Waals surface area contributed by atoms with Crippen LogP contribution in [0.4, 0.5) is 0 Å². The number of nitrogens with two attached hydrogens (primary N) is 1. The number of rotatable bonds is 4. The summed E-state index contributed by atoms with van der Waals surface area (Å²) in [6.45, 7) is 7.38. The molecule has 0 amide bonds. The molecule has 0 aliphatic rings. The van der Waals surface area contributed by atoms with Gasteiger partial charge in [-0.2, -0.15) is 0 Å². The van der Waals surface area contributed by atoms with Crippen LogP contribution in [0.5, 0.6) is 5.75 Å². The molecule has 1 aromatic rings. The van der Waals surface area contributed by atoms with Crippen LogP contribution in [0, 0.1) is 5.41 Å². The smallest absolute Gasteiger partial charge is 0.170 e. The zero-order valence-electron chi connectivity index (χ0n) is 11.5. The Balaban J connectivity index is 3.20. The number of halogens is 1. The van der Waals surface area contributed by atoms with E-state index in [1.807, 2.05) is 27.7 Å². The molecule has 0 bridgehead atoms. The maximum atomic E-state index is 12.5. The number of carbonyl (C=O) groups is 1. The SMILES string of the molecule is COc1cc(C(=O)C(C)(C)C(C)(C)N)ccc1Cl. The second-order valence-electron chi connectivity index (χ2n) is 5.53. The third kappa shape index (κ3) is 2.68. The molecule has 0 saturated carbocycles.